The van der Waals surface area contributed by atoms with Crippen LogP contribution in [0.5, 0.6) is 0 Å². The van der Waals surface area contributed by atoms with Crippen LogP contribution in [0.2, 0.25) is 0 Å². The van der Waals surface area contributed by atoms with Gasteiger partial charge in [-0.15, -0.1) is 0 Å². The number of fused-ring (bicyclic) bond motifs is 1. The quantitative estimate of drug-likeness (QED) is 0.635. The van der Waals surface area contributed by atoms with Gasteiger partial charge in [0.2, 0.25) is 5.95 Å². The molecule has 3 aromatic rings. The maximum Gasteiger partial charge on any atom is 0.421 e. The molecule has 0 fully saturated rings. The topological polar surface area (TPSA) is 78.5 Å². The molecule has 6 nitrogen and oxygen atoms in total. The highest BCUT2D eigenvalue weighted by molar-refractivity contribution is 9.10. The first-order valence-electron chi connectivity index (χ1n) is 6.41. The van der Waals surface area contributed by atoms with Crippen LogP contribution in [0.1, 0.15) is 5.56 Å². The Balaban J connectivity index is 1.92. The summed E-state index contributed by atoms with van der Waals surface area (Å²) < 4.78 is 39.1. The summed E-state index contributed by atoms with van der Waals surface area (Å²) in [5.74, 6) is -0.236. The minimum atomic E-state index is -4.52. The molecule has 0 spiro atoms. The van der Waals surface area contributed by atoms with Gasteiger partial charge in [0.05, 0.1) is 5.52 Å². The van der Waals surface area contributed by atoms with Crippen LogP contribution in [0, 0.1) is 0 Å². The van der Waals surface area contributed by atoms with Crippen molar-refractivity contribution in [2.45, 2.75) is 6.18 Å². The molecule has 2 aromatic heterocycles. The molecule has 3 N–H and O–H groups in total. The number of benzene rings is 1. The van der Waals surface area contributed by atoms with Crippen LogP contribution >= 0.6 is 15.9 Å². The molecule has 0 bridgehead atoms. The van der Waals surface area contributed by atoms with Crippen molar-refractivity contribution in [3.63, 3.8) is 0 Å². The highest BCUT2D eigenvalue weighted by Crippen LogP contribution is 2.34. The lowest BCUT2D eigenvalue weighted by Crippen LogP contribution is -2.12. The monoisotopic (exact) mass is 386 g/mol. The molecule has 120 valence electrons. The predicted molar refractivity (Wildman–Crippen MR) is 83.7 cm³/mol. The fraction of sp³-hybridized carbons (Fsp3) is 0.154. The van der Waals surface area contributed by atoms with Gasteiger partial charge in [0.25, 0.3) is 0 Å². The normalized spacial score (nSPS) is 11.7. The van der Waals surface area contributed by atoms with Crippen LogP contribution in [-0.4, -0.2) is 27.2 Å². The molecule has 0 unspecified atom stereocenters. The highest BCUT2D eigenvalue weighted by Gasteiger charge is 2.35. The van der Waals surface area contributed by atoms with E-state index in [1.807, 2.05) is 6.07 Å². The number of alkyl halides is 3. The first-order chi connectivity index (χ1) is 10.9. The lowest BCUT2D eigenvalue weighted by atomic mass is 10.2. The van der Waals surface area contributed by atoms with E-state index in [9.17, 15) is 13.2 Å². The molecule has 0 aliphatic carbocycles. The van der Waals surface area contributed by atoms with Gasteiger partial charge in [0.1, 0.15) is 16.0 Å². The van der Waals surface area contributed by atoms with Crippen molar-refractivity contribution in [3.8, 4) is 0 Å². The van der Waals surface area contributed by atoms with E-state index in [1.165, 1.54) is 7.05 Å². The predicted octanol–water partition coefficient (Wildman–Crippen LogP) is 3.92. The van der Waals surface area contributed by atoms with Gasteiger partial charge in [-0.3, -0.25) is 5.10 Å². The molecule has 0 atom stereocenters. The highest BCUT2D eigenvalue weighted by atomic mass is 79.9. The Morgan fingerprint density at radius 2 is 2.04 bits per heavy atom. The molecule has 0 saturated carbocycles. The molecular formula is C13H10BrF3N6. The Morgan fingerprint density at radius 3 is 2.74 bits per heavy atom. The zero-order valence-corrected chi connectivity index (χ0v) is 13.2. The van der Waals surface area contributed by atoms with Crippen molar-refractivity contribution in [2.75, 3.05) is 17.7 Å². The molecule has 0 amide bonds. The van der Waals surface area contributed by atoms with E-state index in [0.29, 0.717) is 10.3 Å². The van der Waals surface area contributed by atoms with Crippen LogP contribution in [0.15, 0.2) is 29.0 Å². The number of aromatic nitrogens is 4. The van der Waals surface area contributed by atoms with Crippen molar-refractivity contribution in [3.05, 3.63) is 34.6 Å². The number of aromatic amines is 1. The number of hydrogen-bond donors (Lipinski definition) is 3. The fourth-order valence-corrected chi connectivity index (χ4v) is 2.47. The third-order valence-electron chi connectivity index (χ3n) is 3.10. The van der Waals surface area contributed by atoms with Gasteiger partial charge < -0.3 is 10.6 Å². The van der Waals surface area contributed by atoms with Gasteiger partial charge in [-0.2, -0.15) is 23.3 Å². The van der Waals surface area contributed by atoms with Gasteiger partial charge in [0, 0.05) is 24.3 Å². The van der Waals surface area contributed by atoms with Crippen molar-refractivity contribution in [1.82, 2.24) is 20.2 Å². The SMILES string of the molecule is CNc1nc(Nc2ccc3c(Br)n[nH]c3c2)ncc1C(F)(F)F. The summed E-state index contributed by atoms with van der Waals surface area (Å²) in [5.41, 5.74) is 0.469. The molecule has 23 heavy (non-hydrogen) atoms. The van der Waals surface area contributed by atoms with Crippen LogP contribution < -0.4 is 10.6 Å². The molecule has 0 aliphatic rings. The van der Waals surface area contributed by atoms with E-state index in [1.54, 1.807) is 12.1 Å². The molecule has 0 aliphatic heterocycles. The van der Waals surface area contributed by atoms with Gasteiger partial charge in [-0.05, 0) is 34.1 Å². The smallest absolute Gasteiger partial charge is 0.372 e. The van der Waals surface area contributed by atoms with Crippen molar-refractivity contribution < 1.29 is 13.2 Å². The first kappa shape index (κ1) is 15.5. The Labute approximate surface area is 136 Å². The number of H-pyrrole nitrogens is 1. The summed E-state index contributed by atoms with van der Waals surface area (Å²) >= 11 is 3.30. The molecule has 0 radical (unpaired) electrons. The summed E-state index contributed by atoms with van der Waals surface area (Å²) in [5, 5.41) is 13.0. The average Bonchev–Trinajstić information content (AvgIpc) is 2.87. The van der Waals surface area contributed by atoms with E-state index in [-0.39, 0.29) is 11.8 Å². The van der Waals surface area contributed by atoms with Gasteiger partial charge in [-0.1, -0.05) is 0 Å². The lowest BCUT2D eigenvalue weighted by Gasteiger charge is -2.12. The van der Waals surface area contributed by atoms with E-state index in [2.05, 4.69) is 46.7 Å². The van der Waals surface area contributed by atoms with E-state index < -0.39 is 11.7 Å². The number of nitrogens with zero attached hydrogens (tertiary/aromatic N) is 3. The second-order valence-corrected chi connectivity index (χ2v) is 5.35. The van der Waals surface area contributed by atoms with Gasteiger partial charge in [0.15, 0.2) is 0 Å². The third kappa shape index (κ3) is 3.07. The number of anilines is 3. The van der Waals surface area contributed by atoms with Crippen molar-refractivity contribution >= 4 is 44.3 Å². The molecule has 3 rings (SSSR count). The maximum absolute atomic E-state index is 12.8. The van der Waals surface area contributed by atoms with Crippen LogP contribution in [0.4, 0.5) is 30.6 Å². The molecule has 2 heterocycles. The van der Waals surface area contributed by atoms with Gasteiger partial charge in [-0.25, -0.2) is 4.98 Å². The van der Waals surface area contributed by atoms with Gasteiger partial charge >= 0.3 is 6.18 Å². The summed E-state index contributed by atoms with van der Waals surface area (Å²) in [6, 6.07) is 5.32. The van der Waals surface area contributed by atoms with Crippen LogP contribution in [0.3, 0.4) is 0 Å². The molecule has 1 aromatic carbocycles. The maximum atomic E-state index is 12.8. The van der Waals surface area contributed by atoms with Crippen LogP contribution in [-0.2, 0) is 6.18 Å². The number of halogens is 4. The molecule has 0 saturated heterocycles. The van der Waals surface area contributed by atoms with Crippen molar-refractivity contribution in [1.29, 1.82) is 0 Å². The summed E-state index contributed by atoms with van der Waals surface area (Å²) in [7, 11) is 1.37. The standard InChI is InChI=1S/C13H10BrF3N6/c1-18-11-8(13(15,16)17)5-19-12(21-11)20-6-2-3-7-9(4-6)22-23-10(7)14/h2-5H,1H3,(H,22,23)(H2,18,19,20,21). The third-order valence-corrected chi connectivity index (χ3v) is 3.71. The Morgan fingerprint density at radius 1 is 1.26 bits per heavy atom. The number of hydrogen-bond acceptors (Lipinski definition) is 5. The average molecular weight is 387 g/mol. The fourth-order valence-electron chi connectivity index (χ4n) is 2.03. The zero-order valence-electron chi connectivity index (χ0n) is 11.7. The Bertz CT molecular complexity index is 861. The van der Waals surface area contributed by atoms with E-state index >= 15 is 0 Å². The number of nitrogens with one attached hydrogen (secondary N) is 3. The van der Waals surface area contributed by atoms with Crippen LogP contribution in [0.25, 0.3) is 10.9 Å². The molecule has 10 heteroatoms. The summed E-state index contributed by atoms with van der Waals surface area (Å²) in [6.45, 7) is 0. The minimum absolute atomic E-state index is 0.0558. The summed E-state index contributed by atoms with van der Waals surface area (Å²) in [4.78, 5) is 7.57. The second-order valence-electron chi connectivity index (χ2n) is 4.60. The van der Waals surface area contributed by atoms with E-state index in [0.717, 1.165) is 17.1 Å². The summed E-state index contributed by atoms with van der Waals surface area (Å²) in [6.07, 6.45) is -3.77. The Kier molecular flexibility index (Phi) is 3.84. The number of rotatable bonds is 3. The Hall–Kier alpha value is -2.36. The van der Waals surface area contributed by atoms with Crippen molar-refractivity contribution in [2.24, 2.45) is 0 Å². The van der Waals surface area contributed by atoms with E-state index in [4.69, 9.17) is 0 Å². The second kappa shape index (κ2) is 5.69. The lowest BCUT2D eigenvalue weighted by molar-refractivity contribution is -0.137. The largest absolute Gasteiger partial charge is 0.421 e. The minimum Gasteiger partial charge on any atom is -0.372 e. The first-order valence-corrected chi connectivity index (χ1v) is 7.20. The zero-order chi connectivity index (χ0) is 16.6. The molecular weight excluding hydrogens is 377 g/mol.